The highest BCUT2D eigenvalue weighted by molar-refractivity contribution is 5.91. The third-order valence-corrected chi connectivity index (χ3v) is 1.73. The van der Waals surface area contributed by atoms with Gasteiger partial charge in [-0.3, -0.25) is 9.48 Å². The van der Waals surface area contributed by atoms with Gasteiger partial charge in [0.15, 0.2) is 5.69 Å². The average molecular weight is 258 g/mol. The summed E-state index contributed by atoms with van der Waals surface area (Å²) < 4.78 is 6.25. The first-order chi connectivity index (χ1) is 8.42. The molecule has 8 nitrogen and oxygen atoms in total. The fourth-order valence-corrected chi connectivity index (χ4v) is 0.902. The fourth-order valence-electron chi connectivity index (χ4n) is 0.902. The van der Waals surface area contributed by atoms with E-state index >= 15 is 0 Å². The zero-order valence-electron chi connectivity index (χ0n) is 10.7. The van der Waals surface area contributed by atoms with Crippen LogP contribution in [0.5, 0.6) is 0 Å². The van der Waals surface area contributed by atoms with Gasteiger partial charge in [0.2, 0.25) is 6.41 Å². The molecular weight excluding hydrogens is 240 g/mol. The smallest absolute Gasteiger partial charge is 0.358 e. The summed E-state index contributed by atoms with van der Waals surface area (Å²) in [4.78, 5) is 21.4. The number of rotatable bonds is 5. The molecule has 1 amide bonds. The molecule has 0 aliphatic carbocycles. The zero-order valence-corrected chi connectivity index (χ0v) is 10.7. The van der Waals surface area contributed by atoms with Gasteiger partial charge in [-0.2, -0.15) is 5.10 Å². The number of carboxylic acids is 1. The van der Waals surface area contributed by atoms with Crippen molar-refractivity contribution in [2.45, 2.75) is 6.54 Å². The summed E-state index contributed by atoms with van der Waals surface area (Å²) in [6, 6.07) is 0. The van der Waals surface area contributed by atoms with Crippen molar-refractivity contribution in [1.82, 2.24) is 14.7 Å². The molecule has 1 aromatic rings. The van der Waals surface area contributed by atoms with E-state index in [4.69, 9.17) is 15.6 Å². The number of nitrogens with zero attached hydrogens (tertiary/aromatic N) is 3. The molecule has 0 spiro atoms. The number of aromatic nitrogens is 2. The Kier molecular flexibility index (Phi) is 7.13. The summed E-state index contributed by atoms with van der Waals surface area (Å²) in [5.74, 6) is -1.12. The predicted octanol–water partition coefficient (Wildman–Crippen LogP) is -0.486. The molecule has 0 aliphatic rings. The number of carbonyl (C=O) groups is 2. The number of aromatic carboxylic acids is 1. The minimum absolute atomic E-state index is 0.115. The molecule has 1 heterocycles. The van der Waals surface area contributed by atoms with Gasteiger partial charge in [-0.05, 0) is 0 Å². The number of carbonyl (C=O) groups excluding carboxylic acids is 1. The standard InChI is InChI=1S/C7H11N3O3.C3H7NO/c1-13-3-2-10-4-5(8)6(9-10)7(11)12;1-4(2)3-5/h4H,2-3,8H2,1H3,(H,11,12);3H,1-2H3. The van der Waals surface area contributed by atoms with Gasteiger partial charge < -0.3 is 20.5 Å². The molecule has 0 aromatic carbocycles. The van der Waals surface area contributed by atoms with E-state index in [2.05, 4.69) is 5.10 Å². The number of ether oxygens (including phenoxy) is 1. The van der Waals surface area contributed by atoms with Crippen LogP contribution in [0.2, 0.25) is 0 Å². The molecule has 8 heteroatoms. The molecule has 3 N–H and O–H groups in total. The van der Waals surface area contributed by atoms with Crippen molar-refractivity contribution in [1.29, 1.82) is 0 Å². The van der Waals surface area contributed by atoms with E-state index in [-0.39, 0.29) is 11.4 Å². The summed E-state index contributed by atoms with van der Waals surface area (Å²) in [6.07, 6.45) is 2.22. The van der Waals surface area contributed by atoms with Gasteiger partial charge in [0.1, 0.15) is 0 Å². The highest BCUT2D eigenvalue weighted by Gasteiger charge is 2.12. The van der Waals surface area contributed by atoms with Gasteiger partial charge in [-0.15, -0.1) is 0 Å². The Morgan fingerprint density at radius 1 is 1.67 bits per heavy atom. The van der Waals surface area contributed by atoms with Crippen LogP contribution < -0.4 is 5.73 Å². The normalized spacial score (nSPS) is 9.28. The highest BCUT2D eigenvalue weighted by atomic mass is 16.5. The summed E-state index contributed by atoms with van der Waals surface area (Å²) in [5.41, 5.74) is 5.46. The summed E-state index contributed by atoms with van der Waals surface area (Å²) in [7, 11) is 4.94. The Labute approximate surface area is 105 Å². The van der Waals surface area contributed by atoms with E-state index in [0.717, 1.165) is 6.41 Å². The second kappa shape index (κ2) is 8.07. The molecule has 0 aliphatic heterocycles. The minimum Gasteiger partial charge on any atom is -0.476 e. The van der Waals surface area contributed by atoms with Crippen LogP contribution >= 0.6 is 0 Å². The topological polar surface area (TPSA) is 111 Å². The van der Waals surface area contributed by atoms with Crippen LogP contribution in [0.15, 0.2) is 6.20 Å². The van der Waals surface area contributed by atoms with E-state index in [9.17, 15) is 9.59 Å². The van der Waals surface area contributed by atoms with Gasteiger partial charge in [0, 0.05) is 27.4 Å². The monoisotopic (exact) mass is 258 g/mol. The lowest BCUT2D eigenvalue weighted by Crippen LogP contribution is -2.06. The van der Waals surface area contributed by atoms with Crippen LogP contribution in [-0.4, -0.2) is 60.0 Å². The fraction of sp³-hybridized carbons (Fsp3) is 0.500. The van der Waals surface area contributed by atoms with E-state index in [0.29, 0.717) is 13.2 Å². The van der Waals surface area contributed by atoms with Gasteiger partial charge in [-0.25, -0.2) is 4.79 Å². The molecule has 0 atom stereocenters. The maximum Gasteiger partial charge on any atom is 0.358 e. The van der Waals surface area contributed by atoms with E-state index in [1.165, 1.54) is 15.8 Å². The molecule has 1 aromatic heterocycles. The van der Waals surface area contributed by atoms with Gasteiger partial charge >= 0.3 is 5.97 Å². The molecular formula is C10H18N4O4. The number of nitrogens with two attached hydrogens (primary N) is 1. The number of methoxy groups -OCH3 is 1. The van der Waals surface area contributed by atoms with Gasteiger partial charge in [-0.1, -0.05) is 0 Å². The molecule has 0 saturated carbocycles. The summed E-state index contributed by atoms with van der Waals surface area (Å²) >= 11 is 0. The quantitative estimate of drug-likeness (QED) is 0.690. The van der Waals surface area contributed by atoms with Crippen molar-refractivity contribution in [3.8, 4) is 0 Å². The van der Waals surface area contributed by atoms with Crippen molar-refractivity contribution in [3.63, 3.8) is 0 Å². The Hall–Kier alpha value is -2.09. The first-order valence-electron chi connectivity index (χ1n) is 5.09. The summed E-state index contributed by atoms with van der Waals surface area (Å²) in [6.45, 7) is 0.966. The minimum atomic E-state index is -1.12. The van der Waals surface area contributed by atoms with Crippen LogP contribution in [0.25, 0.3) is 0 Å². The van der Waals surface area contributed by atoms with E-state index < -0.39 is 5.97 Å². The third kappa shape index (κ3) is 5.85. The first kappa shape index (κ1) is 15.9. The maximum absolute atomic E-state index is 10.5. The molecule has 0 radical (unpaired) electrons. The number of anilines is 1. The van der Waals surface area contributed by atoms with Gasteiger partial charge in [0.05, 0.1) is 18.8 Å². The van der Waals surface area contributed by atoms with Crippen LogP contribution in [0.1, 0.15) is 10.5 Å². The number of hydrogen-bond donors (Lipinski definition) is 2. The number of amides is 1. The number of carboxylic acid groups (broad SMARTS) is 1. The Morgan fingerprint density at radius 3 is 2.56 bits per heavy atom. The van der Waals surface area contributed by atoms with Crippen molar-refractivity contribution in [2.24, 2.45) is 0 Å². The lowest BCUT2D eigenvalue weighted by Gasteiger charge is -1.97. The highest BCUT2D eigenvalue weighted by Crippen LogP contribution is 2.08. The van der Waals surface area contributed by atoms with E-state index in [1.54, 1.807) is 21.2 Å². The molecule has 1 rings (SSSR count). The Balaban J connectivity index is 0.000000494. The maximum atomic E-state index is 10.5. The number of hydrogen-bond acceptors (Lipinski definition) is 5. The molecule has 0 unspecified atom stereocenters. The van der Waals surface area contributed by atoms with Crippen molar-refractivity contribution in [2.75, 3.05) is 33.5 Å². The molecule has 102 valence electrons. The Morgan fingerprint density at radius 2 is 2.22 bits per heavy atom. The lowest BCUT2D eigenvalue weighted by atomic mass is 10.4. The van der Waals surface area contributed by atoms with E-state index in [1.807, 2.05) is 0 Å². The molecule has 0 bridgehead atoms. The predicted molar refractivity (Wildman–Crippen MR) is 65.2 cm³/mol. The molecule has 18 heavy (non-hydrogen) atoms. The van der Waals surface area contributed by atoms with Crippen molar-refractivity contribution >= 4 is 18.1 Å². The molecule has 0 fully saturated rings. The number of nitrogen functional groups attached to an aromatic ring is 1. The van der Waals surface area contributed by atoms with Crippen LogP contribution in [0, 0.1) is 0 Å². The second-order valence-electron chi connectivity index (χ2n) is 3.56. The van der Waals surface area contributed by atoms with Crippen LogP contribution in [0.3, 0.4) is 0 Å². The Bertz CT molecular complexity index is 389. The van der Waals surface area contributed by atoms with Gasteiger partial charge in [0.25, 0.3) is 0 Å². The average Bonchev–Trinajstić information content (AvgIpc) is 2.68. The van der Waals surface area contributed by atoms with Crippen LogP contribution in [0.4, 0.5) is 5.69 Å². The van der Waals surface area contributed by atoms with Crippen molar-refractivity contribution in [3.05, 3.63) is 11.9 Å². The van der Waals surface area contributed by atoms with Crippen LogP contribution in [-0.2, 0) is 16.1 Å². The third-order valence-electron chi connectivity index (χ3n) is 1.73. The lowest BCUT2D eigenvalue weighted by molar-refractivity contribution is -0.115. The molecule has 0 saturated heterocycles. The SMILES string of the molecule is CN(C)C=O.COCCn1cc(N)c(C(=O)O)n1. The largest absolute Gasteiger partial charge is 0.476 e. The summed E-state index contributed by atoms with van der Waals surface area (Å²) in [5, 5.41) is 12.4. The first-order valence-corrected chi connectivity index (χ1v) is 5.09. The second-order valence-corrected chi connectivity index (χ2v) is 3.56. The zero-order chi connectivity index (χ0) is 14.1. The van der Waals surface area contributed by atoms with Crippen molar-refractivity contribution < 1.29 is 19.4 Å².